The molecule has 4 aromatic carbocycles. The lowest BCUT2D eigenvalue weighted by Crippen LogP contribution is -2.61. The smallest absolute Gasteiger partial charge is 0.264 e. The molecule has 10 rings (SSSR count). The molecule has 3 atom stereocenters. The van der Waals surface area contributed by atoms with Gasteiger partial charge >= 0.3 is 0 Å². The highest BCUT2D eigenvalue weighted by molar-refractivity contribution is 7.33. The largest absolute Gasteiger partial charge is 0.315 e. The molecule has 2 nitrogen and oxygen atoms in total. The summed E-state index contributed by atoms with van der Waals surface area (Å²) in [5.41, 5.74) is 22.2. The number of hydrogen-bond donors (Lipinski definition) is 0. The maximum Gasteiger partial charge on any atom is 0.264 e. The second kappa shape index (κ2) is 14.7. The van der Waals surface area contributed by atoms with E-state index >= 15 is 0 Å². The van der Waals surface area contributed by atoms with Crippen LogP contribution >= 0.6 is 11.3 Å². The van der Waals surface area contributed by atoms with E-state index in [1.54, 1.807) is 16.7 Å². The fraction of sp³-hybridized carbons (Fsp3) is 0.516. The first-order valence-corrected chi connectivity index (χ1v) is 26.6. The van der Waals surface area contributed by atoms with Crippen LogP contribution in [-0.2, 0) is 27.1 Å². The number of nitrogens with zero attached hydrogens (tertiary/aromatic N) is 2. The van der Waals surface area contributed by atoms with E-state index in [2.05, 4.69) is 219 Å². The molecule has 2 aliphatic heterocycles. The molecule has 4 heteroatoms. The monoisotopic (exact) mass is 895 g/mol. The standard InChI is InChI=1S/C62H79BN2S/c1-19-36(2)39-30-51-54-52(31-39)65(49-25-23-43(58(8,9)10)37(3)38(49)4)50-32-40(57(5,6)7)20-24-48(50)63(54)56-55(42-34-46-47(35-53(42)66-56)62(17,18)29-28-61(46,15)16)64(51)41-21-22-44-45(33-41)60(13,14)27-26-59(44,11)12/h20-25,30-38H,19,26-29H2,1-18H3. The second-order valence-electron chi connectivity index (χ2n) is 26.4. The van der Waals surface area contributed by atoms with E-state index in [9.17, 15) is 0 Å². The van der Waals surface area contributed by atoms with Crippen molar-refractivity contribution in [2.75, 3.05) is 9.80 Å². The molecule has 346 valence electrons. The van der Waals surface area contributed by atoms with Crippen molar-refractivity contribution < 1.29 is 0 Å². The van der Waals surface area contributed by atoms with E-state index < -0.39 is 0 Å². The highest BCUT2D eigenvalue weighted by Crippen LogP contribution is 2.55. The Morgan fingerprint density at radius 1 is 0.636 bits per heavy atom. The van der Waals surface area contributed by atoms with E-state index in [-0.39, 0.29) is 39.2 Å². The molecule has 0 spiro atoms. The van der Waals surface area contributed by atoms with Crippen LogP contribution in [0.5, 0.6) is 0 Å². The Morgan fingerprint density at radius 2 is 1.21 bits per heavy atom. The Bertz CT molecular complexity index is 2900. The van der Waals surface area contributed by atoms with Crippen LogP contribution in [0.1, 0.15) is 196 Å². The molecule has 1 aromatic heterocycles. The minimum Gasteiger partial charge on any atom is -0.315 e. The maximum absolute atomic E-state index is 2.78. The number of allylic oxidation sites excluding steroid dienone is 4. The number of thiophene rings is 1. The molecule has 0 radical (unpaired) electrons. The third-order valence-corrected chi connectivity index (χ3v) is 19.3. The lowest BCUT2D eigenvalue weighted by molar-refractivity contribution is 0.332. The molecule has 0 amide bonds. The fourth-order valence-corrected chi connectivity index (χ4v) is 14.4. The second-order valence-corrected chi connectivity index (χ2v) is 27.5. The zero-order valence-corrected chi connectivity index (χ0v) is 44.9. The van der Waals surface area contributed by atoms with Crippen LogP contribution < -0.4 is 25.5 Å². The van der Waals surface area contributed by atoms with Gasteiger partial charge in [0.2, 0.25) is 0 Å². The van der Waals surface area contributed by atoms with E-state index in [4.69, 9.17) is 0 Å². The van der Waals surface area contributed by atoms with Crippen LogP contribution in [0.25, 0.3) is 10.1 Å². The summed E-state index contributed by atoms with van der Waals surface area (Å²) in [6.45, 7) is 44.1. The number of anilines is 5. The van der Waals surface area contributed by atoms with Crippen LogP contribution in [0.2, 0.25) is 0 Å². The Balaban J connectivity index is 1.35. The van der Waals surface area contributed by atoms with Gasteiger partial charge in [-0.05, 0) is 169 Å². The number of fused-ring (bicyclic) bond motifs is 8. The molecule has 0 saturated heterocycles. The van der Waals surface area contributed by atoms with Crippen LogP contribution in [0.15, 0.2) is 84.1 Å². The van der Waals surface area contributed by atoms with Crippen molar-refractivity contribution in [3.63, 3.8) is 0 Å². The molecule has 5 aliphatic rings. The molecule has 0 saturated carbocycles. The summed E-state index contributed by atoms with van der Waals surface area (Å²) in [4.78, 5) is 5.55. The van der Waals surface area contributed by atoms with Gasteiger partial charge in [-0.25, -0.2) is 0 Å². The Morgan fingerprint density at radius 3 is 1.80 bits per heavy atom. The highest BCUT2D eigenvalue weighted by atomic mass is 32.1. The Labute approximate surface area is 404 Å². The molecule has 0 fully saturated rings. The highest BCUT2D eigenvalue weighted by Gasteiger charge is 2.49. The molecule has 0 N–H and O–H groups in total. The average Bonchev–Trinajstić information content (AvgIpc) is 3.61. The minimum atomic E-state index is 0.00345. The van der Waals surface area contributed by atoms with Crippen LogP contribution in [0.4, 0.5) is 28.4 Å². The lowest BCUT2D eigenvalue weighted by Gasteiger charge is -2.47. The third-order valence-electron chi connectivity index (χ3n) is 18.1. The quantitative estimate of drug-likeness (QED) is 0.163. The van der Waals surface area contributed by atoms with Crippen molar-refractivity contribution in [1.29, 1.82) is 0 Å². The minimum absolute atomic E-state index is 0.00345. The first-order valence-electron chi connectivity index (χ1n) is 25.8. The van der Waals surface area contributed by atoms with Crippen molar-refractivity contribution in [2.24, 2.45) is 17.3 Å². The van der Waals surface area contributed by atoms with Crippen molar-refractivity contribution in [3.8, 4) is 0 Å². The first-order chi connectivity index (χ1) is 30.7. The predicted octanol–water partition coefficient (Wildman–Crippen LogP) is 16.3. The lowest BCUT2D eigenvalue weighted by atomic mass is 9.36. The number of hydrogen-bond acceptors (Lipinski definition) is 3. The zero-order chi connectivity index (χ0) is 47.6. The molecule has 66 heavy (non-hydrogen) atoms. The summed E-state index contributed by atoms with van der Waals surface area (Å²) < 4.78 is 2.92. The summed E-state index contributed by atoms with van der Waals surface area (Å²) in [6.07, 6.45) is 10.9. The van der Waals surface area contributed by atoms with Gasteiger partial charge in [-0.3, -0.25) is 0 Å². The predicted molar refractivity (Wildman–Crippen MR) is 292 cm³/mol. The number of benzene rings is 4. The van der Waals surface area contributed by atoms with Gasteiger partial charge in [-0.1, -0.05) is 154 Å². The molecule has 5 aromatic rings. The van der Waals surface area contributed by atoms with Gasteiger partial charge in [-0.15, -0.1) is 11.3 Å². The van der Waals surface area contributed by atoms with Crippen LogP contribution in [-0.4, -0.2) is 6.71 Å². The molecule has 0 bridgehead atoms. The van der Waals surface area contributed by atoms with Gasteiger partial charge in [0.15, 0.2) is 0 Å². The van der Waals surface area contributed by atoms with Gasteiger partial charge in [0.05, 0.1) is 5.69 Å². The fourth-order valence-electron chi connectivity index (χ4n) is 13.0. The van der Waals surface area contributed by atoms with Gasteiger partial charge in [0.25, 0.3) is 6.71 Å². The third kappa shape index (κ3) is 6.82. The summed E-state index contributed by atoms with van der Waals surface area (Å²) in [5.74, 6) is 1.15. The molecule has 3 aliphatic carbocycles. The maximum atomic E-state index is 2.78. The van der Waals surface area contributed by atoms with Crippen LogP contribution in [0, 0.1) is 17.3 Å². The van der Waals surface area contributed by atoms with Crippen molar-refractivity contribution >= 4 is 72.3 Å². The van der Waals surface area contributed by atoms with Crippen molar-refractivity contribution in [1.82, 2.24) is 0 Å². The van der Waals surface area contributed by atoms with Crippen molar-refractivity contribution in [2.45, 2.75) is 190 Å². The molecular weight excluding hydrogens is 816 g/mol. The topological polar surface area (TPSA) is 6.48 Å². The molecule has 3 heterocycles. The number of rotatable bonds is 4. The van der Waals surface area contributed by atoms with Gasteiger partial charge in [-0.2, -0.15) is 0 Å². The van der Waals surface area contributed by atoms with Gasteiger partial charge in [0.1, 0.15) is 0 Å². The van der Waals surface area contributed by atoms with E-state index in [1.165, 1.54) is 108 Å². The Hall–Kier alpha value is -4.02. The first kappa shape index (κ1) is 45.8. The van der Waals surface area contributed by atoms with E-state index in [0.717, 1.165) is 6.42 Å². The summed E-state index contributed by atoms with van der Waals surface area (Å²) >= 11 is 2.08. The summed E-state index contributed by atoms with van der Waals surface area (Å²) in [7, 11) is 0. The normalized spacial score (nSPS) is 22.7. The van der Waals surface area contributed by atoms with Crippen molar-refractivity contribution in [3.05, 3.63) is 117 Å². The molecular formula is C62H79BN2S. The Kier molecular flexibility index (Phi) is 10.2. The SMILES string of the molecule is CCC(C)c1cc2c3c(c1)N(c1ccc4c(c1)C(C)(C)CCC4(C)C)c1c(sc4cc5c(cc14)C(C)(C)CCC5(C)C)B3c1ccc(C(C)(C)C)cc1N2C1=CC=C(C(C)(C)C)C(C)C1C. The average molecular weight is 895 g/mol. The summed E-state index contributed by atoms with van der Waals surface area (Å²) in [6, 6.07) is 25.8. The van der Waals surface area contributed by atoms with Crippen LogP contribution in [0.3, 0.4) is 0 Å². The zero-order valence-electron chi connectivity index (χ0n) is 44.1. The molecule has 3 unspecified atom stereocenters. The summed E-state index contributed by atoms with van der Waals surface area (Å²) in [5, 5.41) is 1.42. The van der Waals surface area contributed by atoms with Gasteiger partial charge in [0, 0.05) is 49.2 Å². The van der Waals surface area contributed by atoms with E-state index in [0.29, 0.717) is 17.8 Å². The van der Waals surface area contributed by atoms with Gasteiger partial charge < -0.3 is 9.80 Å². The van der Waals surface area contributed by atoms with E-state index in [1.807, 2.05) is 0 Å².